The third-order valence-corrected chi connectivity index (χ3v) is 4.25. The van der Waals surface area contributed by atoms with Gasteiger partial charge in [0.1, 0.15) is 6.61 Å². The fourth-order valence-electron chi connectivity index (χ4n) is 0.916. The van der Waals surface area contributed by atoms with Crippen molar-refractivity contribution in [1.29, 1.82) is 0 Å². The zero-order valence-electron chi connectivity index (χ0n) is 8.31. The predicted octanol–water partition coefficient (Wildman–Crippen LogP) is 0.907. The van der Waals surface area contributed by atoms with Crippen LogP contribution in [-0.4, -0.2) is 20.9 Å². The summed E-state index contributed by atoms with van der Waals surface area (Å²) in [6, 6.07) is 4.51. The van der Waals surface area contributed by atoms with E-state index in [9.17, 15) is 13.2 Å². The number of hydrogen-bond donors (Lipinski definition) is 2. The zero-order valence-corrected chi connectivity index (χ0v) is 12.3. The van der Waals surface area contributed by atoms with Gasteiger partial charge in [0, 0.05) is 8.95 Å². The van der Waals surface area contributed by atoms with Crippen molar-refractivity contribution >= 4 is 47.8 Å². The lowest BCUT2D eigenvalue weighted by molar-refractivity contribution is -0.123. The normalized spacial score (nSPS) is 11.4. The third kappa shape index (κ3) is 4.36. The molecule has 0 unspecified atom stereocenters. The Hall–Kier alpha value is -0.480. The minimum atomic E-state index is -3.85. The summed E-state index contributed by atoms with van der Waals surface area (Å²) in [5.41, 5.74) is 4.80. The van der Waals surface area contributed by atoms with Gasteiger partial charge in [0.25, 0.3) is 10.0 Å². The predicted molar refractivity (Wildman–Crippen MR) is 67.3 cm³/mol. The maximum Gasteiger partial charge on any atom is 0.263 e. The number of amides is 1. The van der Waals surface area contributed by atoms with Crippen LogP contribution in [0.15, 0.2) is 32.0 Å². The molecule has 0 fully saturated rings. The fourth-order valence-corrected chi connectivity index (χ4v) is 3.47. The lowest BCUT2D eigenvalue weighted by Gasteiger charge is -2.07. The SMILES string of the molecule is NC(=O)CONS(=O)(=O)c1ccc(Br)cc1Br. The van der Waals surface area contributed by atoms with Gasteiger partial charge in [0.2, 0.25) is 5.91 Å². The quantitative estimate of drug-likeness (QED) is 0.733. The number of rotatable bonds is 5. The van der Waals surface area contributed by atoms with Crippen molar-refractivity contribution < 1.29 is 18.0 Å². The second-order valence-corrected chi connectivity index (χ2v) is 6.30. The molecule has 0 aliphatic carbocycles. The van der Waals surface area contributed by atoms with E-state index in [2.05, 4.69) is 36.7 Å². The molecule has 17 heavy (non-hydrogen) atoms. The van der Waals surface area contributed by atoms with Crippen LogP contribution in [-0.2, 0) is 19.7 Å². The molecule has 0 saturated heterocycles. The number of carbonyl (C=O) groups excluding carboxylic acids is 1. The number of nitrogens with two attached hydrogens (primary N) is 1. The molecule has 0 heterocycles. The Bertz CT molecular complexity index is 532. The van der Waals surface area contributed by atoms with E-state index >= 15 is 0 Å². The van der Waals surface area contributed by atoms with Crippen LogP contribution in [0.5, 0.6) is 0 Å². The van der Waals surface area contributed by atoms with Crippen LogP contribution in [0, 0.1) is 0 Å². The van der Waals surface area contributed by atoms with Gasteiger partial charge in [-0.15, -0.1) is 0 Å². The van der Waals surface area contributed by atoms with Gasteiger partial charge in [-0.1, -0.05) is 20.8 Å². The molecule has 0 atom stereocenters. The summed E-state index contributed by atoms with van der Waals surface area (Å²) in [5.74, 6) is -0.775. The molecular formula is C8H8Br2N2O4S. The number of carbonyl (C=O) groups is 1. The molecule has 1 aromatic rings. The minimum absolute atomic E-state index is 0.00910. The maximum atomic E-state index is 11.7. The van der Waals surface area contributed by atoms with Crippen LogP contribution >= 0.6 is 31.9 Å². The largest absolute Gasteiger partial charge is 0.368 e. The second-order valence-electron chi connectivity index (χ2n) is 2.92. The molecule has 1 rings (SSSR count). The summed E-state index contributed by atoms with van der Waals surface area (Å²) in [6.45, 7) is -0.534. The van der Waals surface area contributed by atoms with Gasteiger partial charge in [-0.05, 0) is 34.1 Å². The van der Waals surface area contributed by atoms with E-state index in [0.717, 1.165) is 4.47 Å². The van der Waals surface area contributed by atoms with Crippen molar-refractivity contribution in [2.24, 2.45) is 5.73 Å². The molecule has 0 spiro atoms. The Morgan fingerprint density at radius 1 is 1.41 bits per heavy atom. The number of halogens is 2. The number of nitrogens with one attached hydrogen (secondary N) is 1. The first kappa shape index (κ1) is 14.6. The summed E-state index contributed by atoms with van der Waals surface area (Å²) < 4.78 is 24.5. The molecule has 0 radical (unpaired) electrons. The monoisotopic (exact) mass is 386 g/mol. The lowest BCUT2D eigenvalue weighted by Crippen LogP contribution is -2.29. The highest BCUT2D eigenvalue weighted by atomic mass is 79.9. The Balaban J connectivity index is 2.86. The van der Waals surface area contributed by atoms with Crippen molar-refractivity contribution in [2.45, 2.75) is 4.90 Å². The Kier molecular flexibility index (Phi) is 5.07. The molecule has 6 nitrogen and oxygen atoms in total. The number of benzene rings is 1. The van der Waals surface area contributed by atoms with Gasteiger partial charge in [-0.3, -0.25) is 9.63 Å². The number of hydrogen-bond acceptors (Lipinski definition) is 4. The molecule has 0 aliphatic rings. The van der Waals surface area contributed by atoms with Crippen LogP contribution < -0.4 is 10.6 Å². The molecule has 0 aromatic heterocycles. The zero-order chi connectivity index (χ0) is 13.1. The standard InChI is InChI=1S/C8H8Br2N2O4S/c9-5-1-2-7(6(10)3-5)17(14,15)12-16-4-8(11)13/h1-3,12H,4H2,(H2,11,13). The number of sulfonamides is 1. The van der Waals surface area contributed by atoms with E-state index in [1.165, 1.54) is 6.07 Å². The lowest BCUT2D eigenvalue weighted by atomic mass is 10.4. The van der Waals surface area contributed by atoms with Gasteiger partial charge < -0.3 is 5.73 Å². The summed E-state index contributed by atoms with van der Waals surface area (Å²) in [4.78, 5) is 16.6. The average Bonchev–Trinajstić information content (AvgIpc) is 2.15. The van der Waals surface area contributed by atoms with Gasteiger partial charge in [-0.25, -0.2) is 8.42 Å². The van der Waals surface area contributed by atoms with Crippen molar-refractivity contribution in [3.63, 3.8) is 0 Å². The second kappa shape index (κ2) is 5.91. The third-order valence-electron chi connectivity index (χ3n) is 1.57. The molecule has 0 aliphatic heterocycles. The first-order chi connectivity index (χ1) is 7.83. The van der Waals surface area contributed by atoms with Crippen LogP contribution in [0.3, 0.4) is 0 Å². The van der Waals surface area contributed by atoms with E-state index < -0.39 is 22.5 Å². The Morgan fingerprint density at radius 3 is 2.59 bits per heavy atom. The van der Waals surface area contributed by atoms with Gasteiger partial charge >= 0.3 is 0 Å². The van der Waals surface area contributed by atoms with E-state index in [-0.39, 0.29) is 4.90 Å². The van der Waals surface area contributed by atoms with Crippen LogP contribution in [0.25, 0.3) is 0 Å². The summed E-state index contributed by atoms with van der Waals surface area (Å²) >= 11 is 6.30. The van der Waals surface area contributed by atoms with Crippen molar-refractivity contribution in [1.82, 2.24) is 4.89 Å². The smallest absolute Gasteiger partial charge is 0.263 e. The summed E-state index contributed by atoms with van der Waals surface area (Å²) in [5, 5.41) is 0. The maximum absolute atomic E-state index is 11.7. The highest BCUT2D eigenvalue weighted by molar-refractivity contribution is 9.11. The van der Waals surface area contributed by atoms with E-state index in [1.807, 2.05) is 0 Å². The molecule has 9 heteroatoms. The van der Waals surface area contributed by atoms with Crippen LogP contribution in [0.2, 0.25) is 0 Å². The summed E-state index contributed by atoms with van der Waals surface area (Å²) in [6.07, 6.45) is 0. The van der Waals surface area contributed by atoms with Gasteiger partial charge in [0.15, 0.2) is 0 Å². The van der Waals surface area contributed by atoms with Gasteiger partial charge in [-0.2, -0.15) is 0 Å². The highest BCUT2D eigenvalue weighted by Gasteiger charge is 2.18. The van der Waals surface area contributed by atoms with Crippen molar-refractivity contribution in [2.75, 3.05) is 6.61 Å². The first-order valence-electron chi connectivity index (χ1n) is 4.20. The number of primary amides is 1. The van der Waals surface area contributed by atoms with E-state index in [4.69, 9.17) is 5.73 Å². The van der Waals surface area contributed by atoms with Gasteiger partial charge in [0.05, 0.1) is 4.90 Å². The van der Waals surface area contributed by atoms with Crippen molar-refractivity contribution in [3.8, 4) is 0 Å². The Morgan fingerprint density at radius 2 is 2.06 bits per heavy atom. The topological polar surface area (TPSA) is 98.5 Å². The van der Waals surface area contributed by atoms with Crippen LogP contribution in [0.4, 0.5) is 0 Å². The average molecular weight is 388 g/mol. The molecule has 1 amide bonds. The minimum Gasteiger partial charge on any atom is -0.368 e. The van der Waals surface area contributed by atoms with E-state index in [1.54, 1.807) is 17.0 Å². The van der Waals surface area contributed by atoms with E-state index in [0.29, 0.717) is 4.47 Å². The fraction of sp³-hybridized carbons (Fsp3) is 0.125. The first-order valence-corrected chi connectivity index (χ1v) is 7.27. The molecule has 0 saturated carbocycles. The highest BCUT2D eigenvalue weighted by Crippen LogP contribution is 2.25. The molecule has 94 valence electrons. The Labute approximate surface area is 115 Å². The molecular weight excluding hydrogens is 380 g/mol. The van der Waals surface area contributed by atoms with Crippen molar-refractivity contribution in [3.05, 3.63) is 27.1 Å². The summed E-state index contributed by atoms with van der Waals surface area (Å²) in [7, 11) is -3.85. The van der Waals surface area contributed by atoms with Crippen LogP contribution in [0.1, 0.15) is 0 Å². The molecule has 3 N–H and O–H groups in total. The molecule has 1 aromatic carbocycles. The molecule has 0 bridgehead atoms.